The summed E-state index contributed by atoms with van der Waals surface area (Å²) >= 11 is 0. The molecule has 0 bridgehead atoms. The van der Waals surface area contributed by atoms with Gasteiger partial charge in [0.2, 0.25) is 0 Å². The van der Waals surface area contributed by atoms with E-state index < -0.39 is 0 Å². The SMILES string of the molecule is C=CC1CCCCCCCCCC1. The topological polar surface area (TPSA) is 0 Å². The highest BCUT2D eigenvalue weighted by Gasteiger charge is 2.05. The predicted octanol–water partition coefficient (Wildman–Crippen LogP) is 4.70. The van der Waals surface area contributed by atoms with Crippen LogP contribution in [0, 0.1) is 5.92 Å². The Morgan fingerprint density at radius 2 is 1.08 bits per heavy atom. The second-order valence-corrected chi connectivity index (χ2v) is 4.40. The molecule has 0 heterocycles. The van der Waals surface area contributed by atoms with Crippen molar-refractivity contribution >= 4 is 0 Å². The summed E-state index contributed by atoms with van der Waals surface area (Å²) in [4.78, 5) is 0. The van der Waals surface area contributed by atoms with Crippen LogP contribution in [0.25, 0.3) is 0 Å². The molecule has 0 aromatic heterocycles. The minimum absolute atomic E-state index is 0.818. The molecule has 13 heavy (non-hydrogen) atoms. The molecule has 1 aliphatic carbocycles. The van der Waals surface area contributed by atoms with E-state index in [0.29, 0.717) is 0 Å². The summed E-state index contributed by atoms with van der Waals surface area (Å²) < 4.78 is 0. The van der Waals surface area contributed by atoms with Gasteiger partial charge < -0.3 is 0 Å². The molecule has 0 spiro atoms. The zero-order valence-corrected chi connectivity index (χ0v) is 8.93. The standard InChI is InChI=1S/C13H24/c1-2-13-11-9-7-5-3-4-6-8-10-12-13/h2,13H,1,3-12H2. The van der Waals surface area contributed by atoms with Crippen LogP contribution >= 0.6 is 0 Å². The van der Waals surface area contributed by atoms with Gasteiger partial charge in [-0.05, 0) is 18.8 Å². The first kappa shape index (κ1) is 10.8. The smallest absolute Gasteiger partial charge is 0.0236 e. The largest absolute Gasteiger partial charge is 0.103 e. The molecule has 0 amide bonds. The summed E-state index contributed by atoms with van der Waals surface area (Å²) in [7, 11) is 0. The van der Waals surface area contributed by atoms with E-state index >= 15 is 0 Å². The van der Waals surface area contributed by atoms with Gasteiger partial charge in [-0.2, -0.15) is 0 Å². The Balaban J connectivity index is 2.22. The molecular formula is C13H24. The van der Waals surface area contributed by atoms with E-state index in [0.717, 1.165) is 5.92 Å². The fourth-order valence-corrected chi connectivity index (χ4v) is 2.25. The van der Waals surface area contributed by atoms with Crippen LogP contribution in [-0.4, -0.2) is 0 Å². The predicted molar refractivity (Wildman–Crippen MR) is 59.9 cm³/mol. The zero-order valence-electron chi connectivity index (χ0n) is 8.93. The summed E-state index contributed by atoms with van der Waals surface area (Å²) in [6.45, 7) is 3.93. The third-order valence-electron chi connectivity index (χ3n) is 3.23. The maximum atomic E-state index is 3.93. The van der Waals surface area contributed by atoms with E-state index in [1.54, 1.807) is 0 Å². The minimum atomic E-state index is 0.818. The van der Waals surface area contributed by atoms with Crippen molar-refractivity contribution in [3.05, 3.63) is 12.7 Å². The first-order valence-electron chi connectivity index (χ1n) is 6.06. The van der Waals surface area contributed by atoms with Gasteiger partial charge in [0.15, 0.2) is 0 Å². The van der Waals surface area contributed by atoms with E-state index in [4.69, 9.17) is 0 Å². The van der Waals surface area contributed by atoms with E-state index in [1.165, 1.54) is 64.2 Å². The maximum absolute atomic E-state index is 3.93. The van der Waals surface area contributed by atoms with Crippen molar-refractivity contribution in [3.8, 4) is 0 Å². The molecule has 0 atom stereocenters. The Hall–Kier alpha value is -0.260. The molecule has 1 fully saturated rings. The van der Waals surface area contributed by atoms with Crippen LogP contribution in [0.5, 0.6) is 0 Å². The number of hydrogen-bond acceptors (Lipinski definition) is 0. The molecule has 0 heteroatoms. The molecule has 0 radical (unpaired) electrons. The molecule has 0 nitrogen and oxygen atoms in total. The highest BCUT2D eigenvalue weighted by molar-refractivity contribution is 4.78. The van der Waals surface area contributed by atoms with Gasteiger partial charge in [0, 0.05) is 0 Å². The lowest BCUT2D eigenvalue weighted by Crippen LogP contribution is -1.95. The Morgan fingerprint density at radius 1 is 0.692 bits per heavy atom. The van der Waals surface area contributed by atoms with Crippen LogP contribution in [0.15, 0.2) is 12.7 Å². The monoisotopic (exact) mass is 180 g/mol. The van der Waals surface area contributed by atoms with E-state index in [2.05, 4.69) is 12.7 Å². The molecule has 1 aliphatic rings. The van der Waals surface area contributed by atoms with Crippen LogP contribution in [0.3, 0.4) is 0 Å². The summed E-state index contributed by atoms with van der Waals surface area (Å²) in [6.07, 6.45) is 16.6. The highest BCUT2D eigenvalue weighted by Crippen LogP contribution is 2.21. The first-order chi connectivity index (χ1) is 6.43. The van der Waals surface area contributed by atoms with Crippen molar-refractivity contribution in [2.45, 2.75) is 64.2 Å². The van der Waals surface area contributed by atoms with Gasteiger partial charge in [0.05, 0.1) is 0 Å². The maximum Gasteiger partial charge on any atom is -0.0236 e. The Kier molecular flexibility index (Phi) is 5.97. The lowest BCUT2D eigenvalue weighted by Gasteiger charge is -2.10. The number of allylic oxidation sites excluding steroid dienone is 1. The second kappa shape index (κ2) is 7.17. The van der Waals surface area contributed by atoms with Crippen molar-refractivity contribution in [2.75, 3.05) is 0 Å². The van der Waals surface area contributed by atoms with E-state index in [-0.39, 0.29) is 0 Å². The lowest BCUT2D eigenvalue weighted by atomic mass is 9.96. The van der Waals surface area contributed by atoms with Crippen LogP contribution in [0.4, 0.5) is 0 Å². The molecule has 76 valence electrons. The van der Waals surface area contributed by atoms with Crippen molar-refractivity contribution in [1.29, 1.82) is 0 Å². The van der Waals surface area contributed by atoms with Gasteiger partial charge in [0.1, 0.15) is 0 Å². The van der Waals surface area contributed by atoms with Gasteiger partial charge in [-0.1, -0.05) is 57.4 Å². The van der Waals surface area contributed by atoms with Gasteiger partial charge in [-0.15, -0.1) is 6.58 Å². The Labute approximate surface area is 83.4 Å². The second-order valence-electron chi connectivity index (χ2n) is 4.40. The van der Waals surface area contributed by atoms with Crippen LogP contribution in [-0.2, 0) is 0 Å². The molecule has 0 unspecified atom stereocenters. The third-order valence-corrected chi connectivity index (χ3v) is 3.23. The normalized spacial score (nSPS) is 23.4. The third kappa shape index (κ3) is 5.13. The highest BCUT2D eigenvalue weighted by atomic mass is 14.1. The molecule has 1 saturated carbocycles. The minimum Gasteiger partial charge on any atom is -0.103 e. The van der Waals surface area contributed by atoms with E-state index in [1.807, 2.05) is 0 Å². The Morgan fingerprint density at radius 3 is 1.46 bits per heavy atom. The van der Waals surface area contributed by atoms with Crippen LogP contribution in [0.2, 0.25) is 0 Å². The summed E-state index contributed by atoms with van der Waals surface area (Å²) in [5.41, 5.74) is 0. The van der Waals surface area contributed by atoms with Crippen LogP contribution < -0.4 is 0 Å². The summed E-state index contributed by atoms with van der Waals surface area (Å²) in [5, 5.41) is 0. The van der Waals surface area contributed by atoms with Crippen molar-refractivity contribution in [3.63, 3.8) is 0 Å². The Bertz CT molecular complexity index is 114. The molecule has 0 aromatic carbocycles. The summed E-state index contributed by atoms with van der Waals surface area (Å²) in [6, 6.07) is 0. The number of rotatable bonds is 1. The lowest BCUT2D eigenvalue weighted by molar-refractivity contribution is 0.489. The van der Waals surface area contributed by atoms with Crippen molar-refractivity contribution in [2.24, 2.45) is 5.92 Å². The van der Waals surface area contributed by atoms with Gasteiger partial charge in [-0.25, -0.2) is 0 Å². The summed E-state index contributed by atoms with van der Waals surface area (Å²) in [5.74, 6) is 0.818. The average Bonchev–Trinajstić information content (AvgIpc) is 2.22. The van der Waals surface area contributed by atoms with Crippen molar-refractivity contribution < 1.29 is 0 Å². The van der Waals surface area contributed by atoms with Gasteiger partial charge >= 0.3 is 0 Å². The zero-order chi connectivity index (χ0) is 9.36. The molecular weight excluding hydrogens is 156 g/mol. The van der Waals surface area contributed by atoms with Gasteiger partial charge in [-0.3, -0.25) is 0 Å². The fourth-order valence-electron chi connectivity index (χ4n) is 2.25. The molecule has 0 aromatic rings. The molecule has 0 aliphatic heterocycles. The average molecular weight is 180 g/mol. The van der Waals surface area contributed by atoms with E-state index in [9.17, 15) is 0 Å². The molecule has 1 rings (SSSR count). The van der Waals surface area contributed by atoms with Crippen LogP contribution in [0.1, 0.15) is 64.2 Å². The van der Waals surface area contributed by atoms with Crippen molar-refractivity contribution in [1.82, 2.24) is 0 Å². The fraction of sp³-hybridized carbons (Fsp3) is 0.846. The molecule has 0 N–H and O–H groups in total. The molecule has 0 saturated heterocycles. The van der Waals surface area contributed by atoms with Gasteiger partial charge in [0.25, 0.3) is 0 Å². The quantitative estimate of drug-likeness (QED) is 0.513. The number of hydrogen-bond donors (Lipinski definition) is 0. The first-order valence-corrected chi connectivity index (χ1v) is 6.06.